The minimum absolute atomic E-state index is 0.342. The Morgan fingerprint density at radius 2 is 2.00 bits per heavy atom. The summed E-state index contributed by atoms with van der Waals surface area (Å²) in [4.78, 5) is 3.99. The lowest BCUT2D eigenvalue weighted by atomic mass is 10.1. The van der Waals surface area contributed by atoms with Crippen molar-refractivity contribution in [1.82, 2.24) is 10.3 Å². The van der Waals surface area contributed by atoms with Gasteiger partial charge in [0.1, 0.15) is 12.4 Å². The van der Waals surface area contributed by atoms with Crippen LogP contribution < -0.4 is 10.1 Å². The quantitative estimate of drug-likeness (QED) is 0.860. The number of nitrogens with zero attached hydrogens (tertiary/aromatic N) is 1. The molecular weight excluding hydrogens is 236 g/mol. The molecular formula is C16H20N2O. The molecule has 0 aliphatic heterocycles. The molecule has 1 N–H and O–H groups in total. The fourth-order valence-corrected chi connectivity index (χ4v) is 1.94. The van der Waals surface area contributed by atoms with Crippen molar-refractivity contribution in [1.29, 1.82) is 0 Å². The van der Waals surface area contributed by atoms with Gasteiger partial charge in [0.15, 0.2) is 0 Å². The van der Waals surface area contributed by atoms with Crippen molar-refractivity contribution in [2.45, 2.75) is 26.5 Å². The van der Waals surface area contributed by atoms with E-state index in [1.165, 1.54) is 5.56 Å². The molecule has 0 radical (unpaired) electrons. The summed E-state index contributed by atoms with van der Waals surface area (Å²) in [5.41, 5.74) is 2.37. The zero-order chi connectivity index (χ0) is 13.5. The monoisotopic (exact) mass is 256 g/mol. The maximum atomic E-state index is 5.81. The van der Waals surface area contributed by atoms with Crippen LogP contribution in [0.3, 0.4) is 0 Å². The second kappa shape index (κ2) is 6.90. The van der Waals surface area contributed by atoms with Crippen LogP contribution in [0.2, 0.25) is 0 Å². The SMILES string of the molecule is CCNC(C)c1cccc(OCc2ccncc2)c1. The number of pyridine rings is 1. The van der Waals surface area contributed by atoms with Gasteiger partial charge in [-0.25, -0.2) is 0 Å². The summed E-state index contributed by atoms with van der Waals surface area (Å²) in [5.74, 6) is 0.902. The largest absolute Gasteiger partial charge is 0.489 e. The van der Waals surface area contributed by atoms with Gasteiger partial charge >= 0.3 is 0 Å². The van der Waals surface area contributed by atoms with Gasteiger partial charge in [-0.3, -0.25) is 4.98 Å². The number of hydrogen-bond acceptors (Lipinski definition) is 3. The van der Waals surface area contributed by atoms with Gasteiger partial charge in [-0.15, -0.1) is 0 Å². The third-order valence-corrected chi connectivity index (χ3v) is 3.02. The first-order valence-electron chi connectivity index (χ1n) is 6.64. The van der Waals surface area contributed by atoms with Crippen LogP contribution in [0.15, 0.2) is 48.8 Å². The van der Waals surface area contributed by atoms with Gasteiger partial charge < -0.3 is 10.1 Å². The predicted octanol–water partition coefficient (Wildman–Crippen LogP) is 3.33. The molecule has 0 aliphatic rings. The Labute approximate surface area is 114 Å². The minimum atomic E-state index is 0.342. The van der Waals surface area contributed by atoms with Crippen molar-refractivity contribution in [2.75, 3.05) is 6.54 Å². The topological polar surface area (TPSA) is 34.1 Å². The van der Waals surface area contributed by atoms with Gasteiger partial charge in [-0.1, -0.05) is 19.1 Å². The number of hydrogen-bond donors (Lipinski definition) is 1. The highest BCUT2D eigenvalue weighted by molar-refractivity contribution is 5.30. The van der Waals surface area contributed by atoms with Gasteiger partial charge in [0.2, 0.25) is 0 Å². The van der Waals surface area contributed by atoms with Crippen LogP contribution >= 0.6 is 0 Å². The maximum absolute atomic E-state index is 5.81. The lowest BCUT2D eigenvalue weighted by Crippen LogP contribution is -2.17. The second-order valence-corrected chi connectivity index (χ2v) is 4.50. The zero-order valence-corrected chi connectivity index (χ0v) is 11.5. The summed E-state index contributed by atoms with van der Waals surface area (Å²) >= 11 is 0. The minimum Gasteiger partial charge on any atom is -0.489 e. The molecule has 19 heavy (non-hydrogen) atoms. The lowest BCUT2D eigenvalue weighted by Gasteiger charge is -2.14. The van der Waals surface area contributed by atoms with Crippen LogP contribution in [0.5, 0.6) is 5.75 Å². The first kappa shape index (κ1) is 13.6. The Morgan fingerprint density at radius 3 is 2.74 bits per heavy atom. The van der Waals surface area contributed by atoms with Crippen molar-refractivity contribution in [3.05, 3.63) is 59.9 Å². The van der Waals surface area contributed by atoms with E-state index >= 15 is 0 Å². The summed E-state index contributed by atoms with van der Waals surface area (Å²) in [6, 6.07) is 12.5. The van der Waals surface area contributed by atoms with Gasteiger partial charge in [0.05, 0.1) is 0 Å². The molecule has 0 amide bonds. The van der Waals surface area contributed by atoms with Crippen molar-refractivity contribution >= 4 is 0 Å². The molecule has 1 atom stereocenters. The first-order chi connectivity index (χ1) is 9.29. The van der Waals surface area contributed by atoms with Crippen molar-refractivity contribution in [3.8, 4) is 5.75 Å². The van der Waals surface area contributed by atoms with Gasteiger partial charge in [-0.2, -0.15) is 0 Å². The van der Waals surface area contributed by atoms with E-state index in [-0.39, 0.29) is 0 Å². The molecule has 2 rings (SSSR count). The van der Waals surface area contributed by atoms with E-state index in [2.05, 4.69) is 36.3 Å². The molecule has 100 valence electrons. The Kier molecular flexibility index (Phi) is 4.93. The fourth-order valence-electron chi connectivity index (χ4n) is 1.94. The van der Waals surface area contributed by atoms with E-state index in [4.69, 9.17) is 4.74 Å². The summed E-state index contributed by atoms with van der Waals surface area (Å²) in [7, 11) is 0. The van der Waals surface area contributed by atoms with Crippen LogP contribution in [0.1, 0.15) is 31.0 Å². The normalized spacial score (nSPS) is 12.1. The molecule has 0 saturated carbocycles. The molecule has 1 aromatic heterocycles. The molecule has 0 saturated heterocycles. The Bertz CT molecular complexity index is 499. The van der Waals surface area contributed by atoms with E-state index in [9.17, 15) is 0 Å². The highest BCUT2D eigenvalue weighted by Gasteiger charge is 2.04. The molecule has 1 unspecified atom stereocenters. The summed E-state index contributed by atoms with van der Waals surface area (Å²) in [6.45, 7) is 5.80. The standard InChI is InChI=1S/C16H20N2O/c1-3-18-13(2)15-5-4-6-16(11-15)19-12-14-7-9-17-10-8-14/h4-11,13,18H,3,12H2,1-2H3. The molecule has 0 fully saturated rings. The van der Waals surface area contributed by atoms with Gasteiger partial charge in [0.25, 0.3) is 0 Å². The van der Waals surface area contributed by atoms with E-state index in [0.29, 0.717) is 12.6 Å². The summed E-state index contributed by atoms with van der Waals surface area (Å²) in [5, 5.41) is 3.40. The predicted molar refractivity (Wildman–Crippen MR) is 77.1 cm³/mol. The molecule has 0 aliphatic carbocycles. The van der Waals surface area contributed by atoms with Crippen LogP contribution in [0.25, 0.3) is 0 Å². The molecule has 0 bridgehead atoms. The third-order valence-electron chi connectivity index (χ3n) is 3.02. The lowest BCUT2D eigenvalue weighted by molar-refractivity contribution is 0.305. The number of nitrogens with one attached hydrogen (secondary N) is 1. The van der Waals surface area contributed by atoms with Crippen LogP contribution in [-0.2, 0) is 6.61 Å². The average molecular weight is 256 g/mol. The summed E-state index contributed by atoms with van der Waals surface area (Å²) in [6.07, 6.45) is 3.56. The molecule has 2 aromatic rings. The number of ether oxygens (including phenoxy) is 1. The first-order valence-corrected chi connectivity index (χ1v) is 6.64. The van der Waals surface area contributed by atoms with Gasteiger partial charge in [0, 0.05) is 18.4 Å². The number of benzene rings is 1. The molecule has 1 heterocycles. The van der Waals surface area contributed by atoms with Crippen molar-refractivity contribution < 1.29 is 4.74 Å². The number of aromatic nitrogens is 1. The smallest absolute Gasteiger partial charge is 0.120 e. The van der Waals surface area contributed by atoms with Crippen molar-refractivity contribution in [3.63, 3.8) is 0 Å². The summed E-state index contributed by atoms with van der Waals surface area (Å²) < 4.78 is 5.81. The van der Waals surface area contributed by atoms with E-state index < -0.39 is 0 Å². The fraction of sp³-hybridized carbons (Fsp3) is 0.312. The molecule has 3 heteroatoms. The maximum Gasteiger partial charge on any atom is 0.120 e. The highest BCUT2D eigenvalue weighted by atomic mass is 16.5. The van der Waals surface area contributed by atoms with E-state index in [0.717, 1.165) is 17.9 Å². The van der Waals surface area contributed by atoms with E-state index in [1.54, 1.807) is 12.4 Å². The van der Waals surface area contributed by atoms with E-state index in [1.807, 2.05) is 24.3 Å². The van der Waals surface area contributed by atoms with Crippen LogP contribution in [0.4, 0.5) is 0 Å². The van der Waals surface area contributed by atoms with Crippen molar-refractivity contribution in [2.24, 2.45) is 0 Å². The number of rotatable bonds is 6. The average Bonchev–Trinajstić information content (AvgIpc) is 2.47. The third kappa shape index (κ3) is 4.07. The molecule has 3 nitrogen and oxygen atoms in total. The highest BCUT2D eigenvalue weighted by Crippen LogP contribution is 2.19. The van der Waals surface area contributed by atoms with Crippen LogP contribution in [0, 0.1) is 0 Å². The zero-order valence-electron chi connectivity index (χ0n) is 11.5. The van der Waals surface area contributed by atoms with Crippen LogP contribution in [-0.4, -0.2) is 11.5 Å². The second-order valence-electron chi connectivity index (χ2n) is 4.50. The Balaban J connectivity index is 1.99. The molecule has 0 spiro atoms. The Hall–Kier alpha value is -1.87. The Morgan fingerprint density at radius 1 is 1.21 bits per heavy atom. The molecule has 1 aromatic carbocycles. The van der Waals surface area contributed by atoms with Gasteiger partial charge in [-0.05, 0) is 48.9 Å².